The number of ether oxygens (including phenoxy) is 2. The van der Waals surface area contributed by atoms with Gasteiger partial charge in [0.25, 0.3) is 0 Å². The first-order chi connectivity index (χ1) is 18.4. The molecule has 3 aromatic rings. The second kappa shape index (κ2) is 9.88. The average Bonchev–Trinajstić information content (AvgIpc) is 3.49. The number of hydrogen-bond acceptors (Lipinski definition) is 5. The molecule has 1 atom stereocenters. The molecule has 6 rings (SSSR count). The summed E-state index contributed by atoms with van der Waals surface area (Å²) in [5.74, 6) is 1.35. The number of likely N-dealkylation sites (tertiary alicyclic amines) is 1. The highest BCUT2D eigenvalue weighted by atomic mass is 35.5. The summed E-state index contributed by atoms with van der Waals surface area (Å²) >= 11 is 13.5. The zero-order valence-corrected chi connectivity index (χ0v) is 22.9. The monoisotopic (exact) mass is 552 g/mol. The predicted molar refractivity (Wildman–Crippen MR) is 151 cm³/mol. The van der Waals surface area contributed by atoms with Crippen LogP contribution in [-0.2, 0) is 13.0 Å². The fourth-order valence-corrected chi connectivity index (χ4v) is 6.54. The molecule has 0 aromatic heterocycles. The second-order valence-electron chi connectivity index (χ2n) is 10.3. The van der Waals surface area contributed by atoms with Crippen molar-refractivity contribution in [1.82, 2.24) is 15.5 Å². The Hall–Kier alpha value is -3.13. The normalized spacial score (nSPS) is 19.5. The van der Waals surface area contributed by atoms with Gasteiger partial charge in [0.1, 0.15) is 17.6 Å². The molecule has 2 fully saturated rings. The van der Waals surface area contributed by atoms with Gasteiger partial charge in [-0.25, -0.2) is 4.79 Å². The van der Waals surface area contributed by atoms with Gasteiger partial charge >= 0.3 is 6.03 Å². The summed E-state index contributed by atoms with van der Waals surface area (Å²) in [6.45, 7) is 2.91. The molecule has 3 N–H and O–H groups in total. The van der Waals surface area contributed by atoms with Gasteiger partial charge in [0.2, 0.25) is 0 Å². The fraction of sp³-hybridized carbons (Fsp3) is 0.345. The Morgan fingerprint density at radius 2 is 1.89 bits per heavy atom. The van der Waals surface area contributed by atoms with Crippen LogP contribution in [0.15, 0.2) is 48.5 Å². The Morgan fingerprint density at radius 3 is 2.63 bits per heavy atom. The SMILES string of the molecule is CNc1cccc(-c2cccc3c2CCC3Oc2cc(OC)c(CN3CC4(CNC(=O)N4)C3)cc2Cl)c1Cl. The van der Waals surface area contributed by atoms with Crippen molar-refractivity contribution in [2.75, 3.05) is 39.1 Å². The van der Waals surface area contributed by atoms with Gasteiger partial charge in [-0.1, -0.05) is 53.5 Å². The number of fused-ring (bicyclic) bond motifs is 1. The molecule has 0 saturated carbocycles. The van der Waals surface area contributed by atoms with E-state index in [1.165, 1.54) is 5.56 Å². The number of anilines is 1. The lowest BCUT2D eigenvalue weighted by molar-refractivity contribution is 0.0588. The van der Waals surface area contributed by atoms with Gasteiger partial charge in [-0.05, 0) is 41.7 Å². The highest BCUT2D eigenvalue weighted by Gasteiger charge is 2.47. The highest BCUT2D eigenvalue weighted by molar-refractivity contribution is 6.36. The molecule has 7 nitrogen and oxygen atoms in total. The van der Waals surface area contributed by atoms with Gasteiger partial charge in [0, 0.05) is 50.4 Å². The zero-order valence-electron chi connectivity index (χ0n) is 21.4. The first-order valence-corrected chi connectivity index (χ1v) is 13.5. The van der Waals surface area contributed by atoms with E-state index in [0.29, 0.717) is 23.9 Å². The van der Waals surface area contributed by atoms with Crippen LogP contribution in [0.4, 0.5) is 10.5 Å². The number of nitrogens with zero attached hydrogens (tertiary/aromatic N) is 1. The summed E-state index contributed by atoms with van der Waals surface area (Å²) < 4.78 is 12.2. The highest BCUT2D eigenvalue weighted by Crippen LogP contribution is 2.45. The third kappa shape index (κ3) is 4.42. The van der Waals surface area contributed by atoms with Crippen LogP contribution in [0, 0.1) is 0 Å². The summed E-state index contributed by atoms with van der Waals surface area (Å²) in [4.78, 5) is 13.8. The quantitative estimate of drug-likeness (QED) is 0.353. The minimum Gasteiger partial charge on any atom is -0.496 e. The van der Waals surface area contributed by atoms with Crippen molar-refractivity contribution in [2.45, 2.75) is 31.0 Å². The van der Waals surface area contributed by atoms with E-state index in [-0.39, 0.29) is 17.7 Å². The molecule has 2 amide bonds. The van der Waals surface area contributed by atoms with Gasteiger partial charge in [0.15, 0.2) is 0 Å². The van der Waals surface area contributed by atoms with Crippen LogP contribution in [0.2, 0.25) is 10.0 Å². The van der Waals surface area contributed by atoms with E-state index >= 15 is 0 Å². The van der Waals surface area contributed by atoms with E-state index in [2.05, 4.69) is 45.1 Å². The van der Waals surface area contributed by atoms with Crippen LogP contribution < -0.4 is 25.4 Å². The molecule has 3 aliphatic rings. The van der Waals surface area contributed by atoms with E-state index in [9.17, 15) is 4.79 Å². The van der Waals surface area contributed by atoms with Gasteiger partial charge in [-0.2, -0.15) is 0 Å². The second-order valence-corrected chi connectivity index (χ2v) is 11.0. The Labute approximate surface area is 232 Å². The molecule has 2 heterocycles. The van der Waals surface area contributed by atoms with Crippen molar-refractivity contribution in [3.8, 4) is 22.6 Å². The summed E-state index contributed by atoms with van der Waals surface area (Å²) in [6, 6.07) is 16.1. The summed E-state index contributed by atoms with van der Waals surface area (Å²) in [6.07, 6.45) is 1.63. The molecule has 1 aliphatic carbocycles. The molecular weight excluding hydrogens is 523 g/mol. The molecule has 9 heteroatoms. The van der Waals surface area contributed by atoms with Gasteiger partial charge in [0.05, 0.1) is 28.4 Å². The van der Waals surface area contributed by atoms with Crippen LogP contribution in [0.3, 0.4) is 0 Å². The average molecular weight is 553 g/mol. The standard InChI is InChI=1S/C29H30Cl2N4O3/c1-32-23-8-4-7-21(27(23)31)18-5-3-6-20-19(18)9-10-24(20)38-26-12-25(37-2)17(11-22(26)30)13-35-15-29(16-35)14-33-28(36)34-29/h3-8,11-12,24,32H,9-10,13-16H2,1-2H3,(H2,33,34,36). The van der Waals surface area contributed by atoms with Crippen molar-refractivity contribution < 1.29 is 14.3 Å². The third-order valence-corrected chi connectivity index (χ3v) is 8.49. The maximum absolute atomic E-state index is 11.5. The molecule has 1 spiro atoms. The maximum Gasteiger partial charge on any atom is 0.315 e. The molecule has 3 aromatic carbocycles. The van der Waals surface area contributed by atoms with E-state index in [0.717, 1.165) is 64.6 Å². The lowest BCUT2D eigenvalue weighted by atomic mass is 9.90. The van der Waals surface area contributed by atoms with Crippen molar-refractivity contribution >= 4 is 34.9 Å². The number of carbonyl (C=O) groups excluding carboxylic acids is 1. The molecular formula is C29H30Cl2N4O3. The summed E-state index contributed by atoms with van der Waals surface area (Å²) in [5.41, 5.74) is 6.30. The fourth-order valence-electron chi connectivity index (χ4n) is 5.99. The lowest BCUT2D eigenvalue weighted by Gasteiger charge is -2.47. The molecule has 38 heavy (non-hydrogen) atoms. The number of nitrogens with one attached hydrogen (secondary N) is 3. The smallest absolute Gasteiger partial charge is 0.315 e. The molecule has 2 saturated heterocycles. The number of halogens is 2. The van der Waals surface area contributed by atoms with Crippen LogP contribution in [-0.4, -0.2) is 50.3 Å². The zero-order chi connectivity index (χ0) is 26.4. The van der Waals surface area contributed by atoms with E-state index in [4.69, 9.17) is 32.7 Å². The first-order valence-electron chi connectivity index (χ1n) is 12.8. The van der Waals surface area contributed by atoms with Crippen molar-refractivity contribution in [3.63, 3.8) is 0 Å². The van der Waals surface area contributed by atoms with Crippen LogP contribution in [0.5, 0.6) is 11.5 Å². The number of hydrogen-bond donors (Lipinski definition) is 3. The maximum atomic E-state index is 11.5. The number of methoxy groups -OCH3 is 1. The summed E-state index contributed by atoms with van der Waals surface area (Å²) in [7, 11) is 3.54. The Kier molecular flexibility index (Phi) is 6.54. The van der Waals surface area contributed by atoms with Gasteiger partial charge in [-0.3, -0.25) is 4.90 Å². The minimum absolute atomic E-state index is 0.0954. The molecule has 0 radical (unpaired) electrons. The molecule has 1 unspecified atom stereocenters. The van der Waals surface area contributed by atoms with Crippen LogP contribution in [0.25, 0.3) is 11.1 Å². The number of benzene rings is 3. The Bertz CT molecular complexity index is 1410. The number of rotatable bonds is 7. The van der Waals surface area contributed by atoms with Crippen LogP contribution >= 0.6 is 23.2 Å². The third-order valence-electron chi connectivity index (χ3n) is 7.79. The number of urea groups is 1. The van der Waals surface area contributed by atoms with Gasteiger partial charge in [-0.15, -0.1) is 0 Å². The lowest BCUT2D eigenvalue weighted by Crippen LogP contribution is -2.68. The first kappa shape index (κ1) is 25.2. The summed E-state index contributed by atoms with van der Waals surface area (Å²) in [5, 5.41) is 10.3. The van der Waals surface area contributed by atoms with Crippen molar-refractivity contribution in [2.24, 2.45) is 0 Å². The topological polar surface area (TPSA) is 74.9 Å². The molecule has 198 valence electrons. The Morgan fingerprint density at radius 1 is 1.11 bits per heavy atom. The van der Waals surface area contributed by atoms with Crippen molar-refractivity contribution in [3.05, 3.63) is 75.3 Å². The number of amides is 2. The predicted octanol–water partition coefficient (Wildman–Crippen LogP) is 5.64. The Balaban J connectivity index is 1.21. The number of carbonyl (C=O) groups is 1. The van der Waals surface area contributed by atoms with Gasteiger partial charge < -0.3 is 25.4 Å². The van der Waals surface area contributed by atoms with Crippen LogP contribution in [0.1, 0.15) is 29.2 Å². The minimum atomic E-state index is -0.162. The van der Waals surface area contributed by atoms with E-state index in [1.54, 1.807) is 7.11 Å². The van der Waals surface area contributed by atoms with E-state index < -0.39 is 0 Å². The molecule has 0 bridgehead atoms. The largest absolute Gasteiger partial charge is 0.496 e. The van der Waals surface area contributed by atoms with Crippen molar-refractivity contribution in [1.29, 1.82) is 0 Å². The molecule has 2 aliphatic heterocycles. The van der Waals surface area contributed by atoms with E-state index in [1.807, 2.05) is 31.3 Å².